The van der Waals surface area contributed by atoms with Gasteiger partial charge in [-0.25, -0.2) is 0 Å². The number of hydrogen-bond acceptors (Lipinski definition) is 3. The van der Waals surface area contributed by atoms with E-state index in [0.29, 0.717) is 5.69 Å². The van der Waals surface area contributed by atoms with Crippen molar-refractivity contribution < 1.29 is 0 Å². The Balaban J connectivity index is 1.92. The van der Waals surface area contributed by atoms with Crippen molar-refractivity contribution in [2.24, 2.45) is 0 Å². The zero-order valence-corrected chi connectivity index (χ0v) is 11.3. The lowest BCUT2D eigenvalue weighted by Gasteiger charge is -2.08. The third-order valence-corrected chi connectivity index (χ3v) is 3.31. The predicted octanol–water partition coefficient (Wildman–Crippen LogP) is 3.80. The largest absolute Gasteiger partial charge is 0.197 e. The molecule has 100 valence electrons. The number of benzene rings is 2. The Morgan fingerprint density at radius 1 is 0.762 bits per heavy atom. The molecule has 1 heterocycles. The zero-order valence-electron chi connectivity index (χ0n) is 11.3. The van der Waals surface area contributed by atoms with Crippen LogP contribution in [-0.4, -0.2) is 10.2 Å². The van der Waals surface area contributed by atoms with E-state index in [9.17, 15) is 5.26 Å². The fourth-order valence-electron chi connectivity index (χ4n) is 2.22. The van der Waals surface area contributed by atoms with E-state index < -0.39 is 0 Å². The lowest BCUT2D eigenvalue weighted by atomic mass is 9.97. The van der Waals surface area contributed by atoms with Crippen molar-refractivity contribution in [2.75, 3.05) is 0 Å². The first-order valence-corrected chi connectivity index (χ1v) is 6.72. The third-order valence-electron chi connectivity index (χ3n) is 3.31. The molecule has 21 heavy (non-hydrogen) atoms. The molecule has 3 rings (SSSR count). The smallest absolute Gasteiger partial charge is 0.115 e. The second-order valence-electron chi connectivity index (χ2n) is 4.68. The van der Waals surface area contributed by atoms with Crippen LogP contribution >= 0.6 is 0 Å². The third kappa shape index (κ3) is 2.80. The number of rotatable bonds is 3. The van der Waals surface area contributed by atoms with Gasteiger partial charge < -0.3 is 0 Å². The van der Waals surface area contributed by atoms with Crippen LogP contribution in [0.25, 0.3) is 11.3 Å². The number of hydrogen-bond donors (Lipinski definition) is 0. The predicted molar refractivity (Wildman–Crippen MR) is 81.4 cm³/mol. The molecule has 0 aliphatic rings. The van der Waals surface area contributed by atoms with Gasteiger partial charge in [-0.1, -0.05) is 60.7 Å². The van der Waals surface area contributed by atoms with Crippen molar-refractivity contribution in [2.45, 2.75) is 5.92 Å². The van der Waals surface area contributed by atoms with Gasteiger partial charge in [-0.3, -0.25) is 0 Å². The number of nitrogens with zero attached hydrogens (tertiary/aromatic N) is 3. The highest BCUT2D eigenvalue weighted by Crippen LogP contribution is 2.23. The molecule has 0 bridgehead atoms. The summed E-state index contributed by atoms with van der Waals surface area (Å²) in [5.74, 6) is -0.386. The number of nitriles is 1. The molecule has 0 aliphatic heterocycles. The minimum atomic E-state index is -0.386. The van der Waals surface area contributed by atoms with Crippen LogP contribution in [0.3, 0.4) is 0 Å². The lowest BCUT2D eigenvalue weighted by molar-refractivity contribution is 0.888. The van der Waals surface area contributed by atoms with Crippen LogP contribution in [0.4, 0.5) is 0 Å². The van der Waals surface area contributed by atoms with Gasteiger partial charge in [0.15, 0.2) is 0 Å². The molecular weight excluding hydrogens is 258 g/mol. The van der Waals surface area contributed by atoms with Gasteiger partial charge >= 0.3 is 0 Å². The van der Waals surface area contributed by atoms with E-state index >= 15 is 0 Å². The highest BCUT2D eigenvalue weighted by molar-refractivity contribution is 5.58. The molecule has 3 heteroatoms. The van der Waals surface area contributed by atoms with E-state index in [-0.39, 0.29) is 5.92 Å². The topological polar surface area (TPSA) is 49.6 Å². The molecule has 1 aromatic heterocycles. The fraction of sp³-hybridized carbons (Fsp3) is 0.0556. The van der Waals surface area contributed by atoms with Gasteiger partial charge in [-0.2, -0.15) is 15.5 Å². The summed E-state index contributed by atoms with van der Waals surface area (Å²) in [6, 6.07) is 25.6. The first-order valence-electron chi connectivity index (χ1n) is 6.72. The first kappa shape index (κ1) is 13.0. The molecular formula is C18H13N3. The summed E-state index contributed by atoms with van der Waals surface area (Å²) < 4.78 is 0. The molecule has 0 saturated carbocycles. The van der Waals surface area contributed by atoms with Gasteiger partial charge in [0.1, 0.15) is 5.92 Å². The van der Waals surface area contributed by atoms with E-state index in [2.05, 4.69) is 16.3 Å². The molecule has 3 nitrogen and oxygen atoms in total. The van der Waals surface area contributed by atoms with Gasteiger partial charge in [-0.15, -0.1) is 0 Å². The molecule has 0 aliphatic carbocycles. The Morgan fingerprint density at radius 2 is 1.43 bits per heavy atom. The van der Waals surface area contributed by atoms with Gasteiger partial charge in [-0.05, 0) is 17.7 Å². The van der Waals surface area contributed by atoms with Crippen LogP contribution in [0, 0.1) is 11.3 Å². The van der Waals surface area contributed by atoms with Gasteiger partial charge in [0.05, 0.1) is 17.5 Å². The molecule has 0 amide bonds. The van der Waals surface area contributed by atoms with Crippen molar-refractivity contribution in [1.29, 1.82) is 5.26 Å². The normalized spacial score (nSPS) is 11.6. The maximum atomic E-state index is 9.40. The van der Waals surface area contributed by atoms with E-state index in [0.717, 1.165) is 16.8 Å². The highest BCUT2D eigenvalue weighted by Gasteiger charge is 2.15. The molecule has 0 spiro atoms. The van der Waals surface area contributed by atoms with Crippen molar-refractivity contribution in [3.63, 3.8) is 0 Å². The van der Waals surface area contributed by atoms with E-state index in [4.69, 9.17) is 0 Å². The van der Waals surface area contributed by atoms with Gasteiger partial charge in [0.25, 0.3) is 0 Å². The Kier molecular flexibility index (Phi) is 3.70. The Morgan fingerprint density at radius 3 is 2.00 bits per heavy atom. The second kappa shape index (κ2) is 5.98. The summed E-state index contributed by atoms with van der Waals surface area (Å²) in [7, 11) is 0. The van der Waals surface area contributed by atoms with E-state index in [1.54, 1.807) is 0 Å². The summed E-state index contributed by atoms with van der Waals surface area (Å²) in [6.07, 6.45) is 0. The maximum Gasteiger partial charge on any atom is 0.115 e. The van der Waals surface area contributed by atoms with Gasteiger partial charge in [0.2, 0.25) is 0 Å². The van der Waals surface area contributed by atoms with Crippen molar-refractivity contribution >= 4 is 0 Å². The molecule has 0 fully saturated rings. The summed E-state index contributed by atoms with van der Waals surface area (Å²) >= 11 is 0. The van der Waals surface area contributed by atoms with Crippen LogP contribution in [0.2, 0.25) is 0 Å². The Hall–Kier alpha value is -2.99. The average molecular weight is 271 g/mol. The van der Waals surface area contributed by atoms with Crippen LogP contribution in [0.15, 0.2) is 72.8 Å². The van der Waals surface area contributed by atoms with Crippen molar-refractivity contribution in [3.05, 3.63) is 84.1 Å². The van der Waals surface area contributed by atoms with Crippen LogP contribution in [0.1, 0.15) is 17.2 Å². The first-order chi connectivity index (χ1) is 10.4. The molecule has 2 aromatic carbocycles. The van der Waals surface area contributed by atoms with Gasteiger partial charge in [0, 0.05) is 5.56 Å². The van der Waals surface area contributed by atoms with Crippen molar-refractivity contribution in [3.8, 4) is 17.3 Å². The maximum absolute atomic E-state index is 9.40. The summed E-state index contributed by atoms with van der Waals surface area (Å²) in [5.41, 5.74) is 3.43. The summed E-state index contributed by atoms with van der Waals surface area (Å²) in [4.78, 5) is 0. The molecule has 0 radical (unpaired) electrons. The number of aromatic nitrogens is 2. The summed E-state index contributed by atoms with van der Waals surface area (Å²) in [6.45, 7) is 0. The summed E-state index contributed by atoms with van der Waals surface area (Å²) in [5, 5.41) is 17.9. The van der Waals surface area contributed by atoms with E-state index in [1.165, 1.54) is 0 Å². The van der Waals surface area contributed by atoms with Crippen LogP contribution in [0.5, 0.6) is 0 Å². The Bertz CT molecular complexity index is 744. The van der Waals surface area contributed by atoms with Crippen LogP contribution < -0.4 is 0 Å². The second-order valence-corrected chi connectivity index (χ2v) is 4.68. The fourth-order valence-corrected chi connectivity index (χ4v) is 2.22. The van der Waals surface area contributed by atoms with Crippen molar-refractivity contribution in [1.82, 2.24) is 10.2 Å². The zero-order chi connectivity index (χ0) is 14.5. The van der Waals surface area contributed by atoms with Crippen LogP contribution in [-0.2, 0) is 0 Å². The molecule has 1 atom stereocenters. The quantitative estimate of drug-likeness (QED) is 0.728. The SMILES string of the molecule is N#C[C@@H](c1ccccc1)c1ccc(-c2ccccc2)nn1. The average Bonchev–Trinajstić information content (AvgIpc) is 2.58. The monoisotopic (exact) mass is 271 g/mol. The molecule has 0 N–H and O–H groups in total. The highest BCUT2D eigenvalue weighted by atomic mass is 15.1. The lowest BCUT2D eigenvalue weighted by Crippen LogP contribution is -2.02. The minimum Gasteiger partial charge on any atom is -0.197 e. The Labute approximate surface area is 123 Å². The molecule has 0 unspecified atom stereocenters. The van der Waals surface area contributed by atoms with E-state index in [1.807, 2.05) is 72.8 Å². The standard InChI is InChI=1S/C18H13N3/c19-13-16(14-7-3-1-4-8-14)18-12-11-17(20-21-18)15-9-5-2-6-10-15/h1-12,16H/t16-/m0/s1. The molecule has 0 saturated heterocycles. The minimum absolute atomic E-state index is 0.386. The molecule has 3 aromatic rings.